The van der Waals surface area contributed by atoms with E-state index in [-0.39, 0.29) is 48.8 Å². The van der Waals surface area contributed by atoms with Crippen molar-refractivity contribution in [1.82, 2.24) is 19.9 Å². The minimum atomic E-state index is -0.291. The van der Waals surface area contributed by atoms with Crippen molar-refractivity contribution in [2.75, 3.05) is 23.7 Å². The van der Waals surface area contributed by atoms with Crippen LogP contribution in [0.1, 0.15) is 12.1 Å². The molecule has 3 rings (SSSR count). The molecule has 1 unspecified atom stereocenters. The van der Waals surface area contributed by atoms with Gasteiger partial charge in [0.15, 0.2) is 17.0 Å². The Bertz CT molecular complexity index is 818. The highest BCUT2D eigenvalue weighted by molar-refractivity contribution is 6.00. The zero-order valence-corrected chi connectivity index (χ0v) is 12.0. The molecule has 11 heteroatoms. The molecule has 1 atom stereocenters. The highest BCUT2D eigenvalue weighted by Crippen LogP contribution is 2.28. The standard InChI is InChI=1S/C12H13N9O2/c13-12-18-10-9(17-7(5-22)3-15-10)11(19-12)21-4-6(1-8(21)23)2-16-20-14/h3,6,22H,1-2,4-5H2,(H2,13,15,18,19). The van der Waals surface area contributed by atoms with Crippen LogP contribution < -0.4 is 10.6 Å². The molecular formula is C12H13N9O2. The van der Waals surface area contributed by atoms with E-state index in [2.05, 4.69) is 30.0 Å². The zero-order valence-electron chi connectivity index (χ0n) is 12.0. The van der Waals surface area contributed by atoms with Crippen LogP contribution in [0.25, 0.3) is 21.6 Å². The van der Waals surface area contributed by atoms with Crippen molar-refractivity contribution in [2.45, 2.75) is 13.0 Å². The smallest absolute Gasteiger partial charge is 0.228 e. The topological polar surface area (TPSA) is 167 Å². The van der Waals surface area contributed by atoms with E-state index >= 15 is 0 Å². The summed E-state index contributed by atoms with van der Waals surface area (Å²) in [6.07, 6.45) is 1.63. The Morgan fingerprint density at radius 3 is 3.04 bits per heavy atom. The number of aromatic nitrogens is 4. The van der Waals surface area contributed by atoms with Gasteiger partial charge in [0.1, 0.15) is 0 Å². The molecule has 1 saturated heterocycles. The molecule has 0 bridgehead atoms. The lowest BCUT2D eigenvalue weighted by molar-refractivity contribution is -0.117. The van der Waals surface area contributed by atoms with E-state index in [1.807, 2.05) is 0 Å². The lowest BCUT2D eigenvalue weighted by atomic mass is 10.1. The first-order valence-electron chi connectivity index (χ1n) is 6.83. The molecule has 1 amide bonds. The Morgan fingerprint density at radius 2 is 2.30 bits per heavy atom. The fourth-order valence-electron chi connectivity index (χ4n) is 2.47. The number of nitrogen functional groups attached to an aromatic ring is 1. The molecule has 2 aromatic heterocycles. The number of aliphatic hydroxyl groups excluding tert-OH is 1. The van der Waals surface area contributed by atoms with Crippen LogP contribution in [-0.4, -0.2) is 44.0 Å². The van der Waals surface area contributed by atoms with E-state index in [1.54, 1.807) is 0 Å². The van der Waals surface area contributed by atoms with Gasteiger partial charge >= 0.3 is 0 Å². The van der Waals surface area contributed by atoms with Crippen LogP contribution in [0, 0.1) is 5.92 Å². The quantitative estimate of drug-likeness (QED) is 0.460. The van der Waals surface area contributed by atoms with E-state index in [4.69, 9.17) is 11.3 Å². The zero-order chi connectivity index (χ0) is 16.4. The van der Waals surface area contributed by atoms with Gasteiger partial charge in [-0.1, -0.05) is 5.11 Å². The van der Waals surface area contributed by atoms with E-state index in [1.165, 1.54) is 11.1 Å². The van der Waals surface area contributed by atoms with Crippen molar-refractivity contribution in [1.29, 1.82) is 0 Å². The second-order valence-corrected chi connectivity index (χ2v) is 5.09. The Balaban J connectivity index is 2.04. The number of fused-ring (bicyclic) bond motifs is 1. The normalized spacial score (nSPS) is 17.5. The van der Waals surface area contributed by atoms with Crippen molar-refractivity contribution in [3.05, 3.63) is 22.3 Å². The number of amides is 1. The first kappa shape index (κ1) is 14.9. The first-order valence-corrected chi connectivity index (χ1v) is 6.83. The van der Waals surface area contributed by atoms with E-state index in [9.17, 15) is 9.90 Å². The number of aliphatic hydroxyl groups is 1. The number of nitrogens with zero attached hydrogens (tertiary/aromatic N) is 8. The van der Waals surface area contributed by atoms with Crippen LogP contribution in [0.3, 0.4) is 0 Å². The van der Waals surface area contributed by atoms with Gasteiger partial charge in [-0.05, 0) is 11.4 Å². The summed E-state index contributed by atoms with van der Waals surface area (Å²) in [7, 11) is 0. The van der Waals surface area contributed by atoms with Crippen LogP contribution >= 0.6 is 0 Å². The number of carbonyl (C=O) groups excluding carboxylic acids is 1. The number of nitrogens with two attached hydrogens (primary N) is 1. The minimum Gasteiger partial charge on any atom is -0.390 e. The van der Waals surface area contributed by atoms with Crippen molar-refractivity contribution in [3.63, 3.8) is 0 Å². The van der Waals surface area contributed by atoms with Gasteiger partial charge in [-0.15, -0.1) is 0 Å². The fourth-order valence-corrected chi connectivity index (χ4v) is 2.47. The van der Waals surface area contributed by atoms with E-state index < -0.39 is 0 Å². The van der Waals surface area contributed by atoms with Crippen LogP contribution in [0.15, 0.2) is 11.3 Å². The Hall–Kier alpha value is -3.04. The summed E-state index contributed by atoms with van der Waals surface area (Å²) in [4.78, 5) is 32.8. The summed E-state index contributed by atoms with van der Waals surface area (Å²) in [5.74, 6) is -0.0362. The largest absolute Gasteiger partial charge is 0.390 e. The van der Waals surface area contributed by atoms with Gasteiger partial charge in [0.05, 0.1) is 18.5 Å². The molecule has 11 nitrogen and oxygen atoms in total. The summed E-state index contributed by atoms with van der Waals surface area (Å²) >= 11 is 0. The fraction of sp³-hybridized carbons (Fsp3) is 0.417. The molecule has 2 aromatic rings. The summed E-state index contributed by atoms with van der Waals surface area (Å²) in [5.41, 5.74) is 14.9. The second kappa shape index (κ2) is 5.99. The molecule has 0 aromatic carbocycles. The van der Waals surface area contributed by atoms with Gasteiger partial charge in [0.2, 0.25) is 11.9 Å². The summed E-state index contributed by atoms with van der Waals surface area (Å²) in [6.45, 7) is 0.277. The average Bonchev–Trinajstić information content (AvgIpc) is 2.92. The molecule has 0 spiro atoms. The van der Waals surface area contributed by atoms with Crippen molar-refractivity contribution in [2.24, 2.45) is 11.0 Å². The van der Waals surface area contributed by atoms with Gasteiger partial charge in [-0.3, -0.25) is 9.69 Å². The van der Waals surface area contributed by atoms with Crippen molar-refractivity contribution in [3.8, 4) is 0 Å². The number of rotatable bonds is 4. The molecule has 1 fully saturated rings. The first-order chi connectivity index (χ1) is 11.1. The van der Waals surface area contributed by atoms with Crippen LogP contribution in [-0.2, 0) is 11.4 Å². The lowest BCUT2D eigenvalue weighted by Crippen LogP contribution is -2.27. The summed E-state index contributed by atoms with van der Waals surface area (Å²) in [6, 6.07) is 0. The molecule has 0 aliphatic carbocycles. The Kier molecular flexibility index (Phi) is 3.87. The summed E-state index contributed by atoms with van der Waals surface area (Å²) in [5, 5.41) is 12.7. The average molecular weight is 315 g/mol. The number of azide groups is 1. The third-order valence-corrected chi connectivity index (χ3v) is 3.48. The predicted octanol–water partition coefficient (Wildman–Crippen LogP) is 0.157. The second-order valence-electron chi connectivity index (χ2n) is 5.09. The third kappa shape index (κ3) is 2.82. The third-order valence-electron chi connectivity index (χ3n) is 3.48. The van der Waals surface area contributed by atoms with Gasteiger partial charge < -0.3 is 10.8 Å². The van der Waals surface area contributed by atoms with Crippen molar-refractivity contribution >= 4 is 28.8 Å². The molecule has 1 aliphatic rings. The minimum absolute atomic E-state index is 0.0233. The maximum absolute atomic E-state index is 12.3. The van der Waals surface area contributed by atoms with Gasteiger partial charge in [0.25, 0.3) is 0 Å². The monoisotopic (exact) mass is 315 g/mol. The molecule has 3 heterocycles. The van der Waals surface area contributed by atoms with Crippen LogP contribution in [0.4, 0.5) is 11.8 Å². The predicted molar refractivity (Wildman–Crippen MR) is 79.9 cm³/mol. The molecule has 1 aliphatic heterocycles. The Labute approximate surface area is 129 Å². The molecular weight excluding hydrogens is 302 g/mol. The highest BCUT2D eigenvalue weighted by Gasteiger charge is 2.33. The van der Waals surface area contributed by atoms with Gasteiger partial charge in [-0.25, -0.2) is 9.97 Å². The van der Waals surface area contributed by atoms with Crippen LogP contribution in [0.5, 0.6) is 0 Å². The SMILES string of the molecule is [N-]=[N+]=NCC1CC(=O)N(c2nc(N)nc3ncc(CO)nc23)C1. The summed E-state index contributed by atoms with van der Waals surface area (Å²) < 4.78 is 0. The van der Waals surface area contributed by atoms with E-state index in [0.29, 0.717) is 17.8 Å². The number of hydrogen-bond donors (Lipinski definition) is 2. The molecule has 0 radical (unpaired) electrons. The number of hydrogen-bond acceptors (Lipinski definition) is 8. The highest BCUT2D eigenvalue weighted by atomic mass is 16.3. The molecule has 0 saturated carbocycles. The maximum Gasteiger partial charge on any atom is 0.228 e. The number of carbonyl (C=O) groups is 1. The van der Waals surface area contributed by atoms with Crippen LogP contribution in [0.2, 0.25) is 0 Å². The molecule has 23 heavy (non-hydrogen) atoms. The Morgan fingerprint density at radius 1 is 1.48 bits per heavy atom. The maximum atomic E-state index is 12.3. The van der Waals surface area contributed by atoms with E-state index in [0.717, 1.165) is 0 Å². The molecule has 3 N–H and O–H groups in total. The lowest BCUT2D eigenvalue weighted by Gasteiger charge is -2.17. The van der Waals surface area contributed by atoms with Gasteiger partial charge in [-0.2, -0.15) is 9.97 Å². The number of anilines is 2. The van der Waals surface area contributed by atoms with Gasteiger partial charge in [0, 0.05) is 24.4 Å². The molecule has 118 valence electrons. The van der Waals surface area contributed by atoms with Crippen molar-refractivity contribution < 1.29 is 9.90 Å².